The standard InChI is InChI=1S/C14H18F3NS/c15-14(16,17)7-3-4-8-18-9-11-10-19-13-6-2-1-5-12(11)13/h1-2,5-6,11,18H,3-4,7-10H2. The number of unbranched alkanes of at least 4 members (excludes halogenated alkanes) is 1. The zero-order chi connectivity index (χ0) is 13.7. The van der Waals surface area contributed by atoms with Crippen LogP contribution in [0.15, 0.2) is 29.2 Å². The molecule has 0 amide bonds. The maximum Gasteiger partial charge on any atom is 0.389 e. The third-order valence-electron chi connectivity index (χ3n) is 3.25. The fraction of sp³-hybridized carbons (Fsp3) is 0.571. The van der Waals surface area contributed by atoms with Gasteiger partial charge in [-0.05, 0) is 31.0 Å². The lowest BCUT2D eigenvalue weighted by atomic mass is 10.0. The smallest absolute Gasteiger partial charge is 0.316 e. The average molecular weight is 289 g/mol. The molecule has 1 aromatic rings. The lowest BCUT2D eigenvalue weighted by Gasteiger charge is -2.12. The van der Waals surface area contributed by atoms with Gasteiger partial charge in [0.25, 0.3) is 0 Å². The van der Waals surface area contributed by atoms with E-state index in [-0.39, 0.29) is 6.42 Å². The summed E-state index contributed by atoms with van der Waals surface area (Å²) in [6.07, 6.45) is -3.88. The Kier molecular flexibility index (Phi) is 5.16. The molecule has 106 valence electrons. The highest BCUT2D eigenvalue weighted by molar-refractivity contribution is 7.99. The van der Waals surface area contributed by atoms with Crippen LogP contribution in [0.4, 0.5) is 13.2 Å². The van der Waals surface area contributed by atoms with Crippen LogP contribution in [0.5, 0.6) is 0 Å². The zero-order valence-corrected chi connectivity index (χ0v) is 11.5. The summed E-state index contributed by atoms with van der Waals surface area (Å²) < 4.78 is 35.9. The molecule has 0 saturated carbocycles. The van der Waals surface area contributed by atoms with E-state index in [4.69, 9.17) is 0 Å². The highest BCUT2D eigenvalue weighted by atomic mass is 32.2. The van der Waals surface area contributed by atoms with Gasteiger partial charge in [-0.25, -0.2) is 0 Å². The van der Waals surface area contributed by atoms with E-state index in [1.807, 2.05) is 23.9 Å². The highest BCUT2D eigenvalue weighted by Crippen LogP contribution is 2.38. The molecule has 0 aromatic heterocycles. The van der Waals surface area contributed by atoms with E-state index in [0.29, 0.717) is 18.9 Å². The first-order valence-corrected chi connectivity index (χ1v) is 7.54. The molecule has 1 N–H and O–H groups in total. The lowest BCUT2D eigenvalue weighted by Crippen LogP contribution is -2.23. The SMILES string of the molecule is FC(F)(F)CCCCNCC1CSc2ccccc21. The topological polar surface area (TPSA) is 12.0 Å². The van der Waals surface area contributed by atoms with Gasteiger partial charge >= 0.3 is 6.18 Å². The van der Waals surface area contributed by atoms with Crippen molar-refractivity contribution in [2.75, 3.05) is 18.8 Å². The second-order valence-electron chi connectivity index (χ2n) is 4.82. The van der Waals surface area contributed by atoms with Crippen molar-refractivity contribution in [3.63, 3.8) is 0 Å². The van der Waals surface area contributed by atoms with Crippen molar-refractivity contribution in [2.45, 2.75) is 36.3 Å². The summed E-state index contributed by atoms with van der Waals surface area (Å²) in [5.41, 5.74) is 1.37. The fourth-order valence-electron chi connectivity index (χ4n) is 2.25. The van der Waals surface area contributed by atoms with E-state index in [1.165, 1.54) is 10.5 Å². The molecule has 1 unspecified atom stereocenters. The molecule has 1 aliphatic heterocycles. The summed E-state index contributed by atoms with van der Waals surface area (Å²) in [7, 11) is 0. The van der Waals surface area contributed by atoms with Gasteiger partial charge in [0.15, 0.2) is 0 Å². The fourth-order valence-corrected chi connectivity index (χ4v) is 3.50. The van der Waals surface area contributed by atoms with Crippen molar-refractivity contribution < 1.29 is 13.2 Å². The normalized spacial score (nSPS) is 18.6. The molecule has 1 heterocycles. The van der Waals surface area contributed by atoms with E-state index in [2.05, 4.69) is 17.4 Å². The van der Waals surface area contributed by atoms with Crippen LogP contribution in [0.1, 0.15) is 30.7 Å². The lowest BCUT2D eigenvalue weighted by molar-refractivity contribution is -0.135. The van der Waals surface area contributed by atoms with Crippen LogP contribution in [-0.4, -0.2) is 25.0 Å². The number of hydrogen-bond donors (Lipinski definition) is 1. The van der Waals surface area contributed by atoms with Crippen molar-refractivity contribution in [3.05, 3.63) is 29.8 Å². The second-order valence-corrected chi connectivity index (χ2v) is 5.88. The van der Waals surface area contributed by atoms with Crippen LogP contribution >= 0.6 is 11.8 Å². The summed E-state index contributed by atoms with van der Waals surface area (Å²) in [5.74, 6) is 1.55. The summed E-state index contributed by atoms with van der Waals surface area (Å²) in [6, 6.07) is 8.36. The van der Waals surface area contributed by atoms with Crippen LogP contribution in [0, 0.1) is 0 Å². The minimum absolute atomic E-state index is 0.215. The van der Waals surface area contributed by atoms with Crippen LogP contribution in [0.25, 0.3) is 0 Å². The number of hydrogen-bond acceptors (Lipinski definition) is 2. The minimum atomic E-state index is -4.01. The van der Waals surface area contributed by atoms with Gasteiger partial charge in [0.1, 0.15) is 0 Å². The van der Waals surface area contributed by atoms with Crippen molar-refractivity contribution in [3.8, 4) is 0 Å². The molecule has 0 aliphatic carbocycles. The summed E-state index contributed by atoms with van der Waals surface area (Å²) in [6.45, 7) is 1.52. The van der Waals surface area contributed by atoms with Gasteiger partial charge in [0.05, 0.1) is 0 Å². The van der Waals surface area contributed by atoms with Crippen molar-refractivity contribution in [2.24, 2.45) is 0 Å². The Balaban J connectivity index is 1.63. The van der Waals surface area contributed by atoms with E-state index in [0.717, 1.165) is 12.3 Å². The largest absolute Gasteiger partial charge is 0.389 e. The first kappa shape index (κ1) is 14.7. The molecule has 1 atom stereocenters. The monoisotopic (exact) mass is 289 g/mol. The van der Waals surface area contributed by atoms with Crippen molar-refractivity contribution in [1.29, 1.82) is 0 Å². The van der Waals surface area contributed by atoms with Gasteiger partial charge in [0.2, 0.25) is 0 Å². The molecule has 1 aromatic carbocycles. The molecule has 0 bridgehead atoms. The predicted octanol–water partition coefficient (Wildman–Crippen LogP) is 4.20. The number of halogens is 3. The highest BCUT2D eigenvalue weighted by Gasteiger charge is 2.26. The molecule has 0 radical (unpaired) electrons. The molecule has 0 fully saturated rings. The number of nitrogens with one attached hydrogen (secondary N) is 1. The maximum atomic E-state index is 12.0. The van der Waals surface area contributed by atoms with E-state index in [9.17, 15) is 13.2 Å². The number of fused-ring (bicyclic) bond motifs is 1. The average Bonchev–Trinajstić information content (AvgIpc) is 2.76. The molecule has 1 nitrogen and oxygen atoms in total. The molecular formula is C14H18F3NS. The molecular weight excluding hydrogens is 271 g/mol. The van der Waals surface area contributed by atoms with Crippen molar-refractivity contribution >= 4 is 11.8 Å². The number of alkyl halides is 3. The van der Waals surface area contributed by atoms with E-state index >= 15 is 0 Å². The summed E-state index contributed by atoms with van der Waals surface area (Å²) in [4.78, 5) is 1.34. The second kappa shape index (κ2) is 6.66. The Morgan fingerprint density at radius 2 is 2.00 bits per heavy atom. The molecule has 19 heavy (non-hydrogen) atoms. The molecule has 0 spiro atoms. The van der Waals surface area contributed by atoms with Gasteiger partial charge in [-0.3, -0.25) is 0 Å². The summed E-state index contributed by atoms with van der Waals surface area (Å²) in [5, 5.41) is 3.27. The van der Waals surface area contributed by atoms with E-state index in [1.54, 1.807) is 0 Å². The van der Waals surface area contributed by atoms with Crippen molar-refractivity contribution in [1.82, 2.24) is 5.32 Å². The number of benzene rings is 1. The molecule has 2 rings (SSSR count). The number of thioether (sulfide) groups is 1. The first-order valence-electron chi connectivity index (χ1n) is 6.55. The first-order chi connectivity index (χ1) is 9.06. The third-order valence-corrected chi connectivity index (χ3v) is 4.51. The Bertz CT molecular complexity index is 406. The predicted molar refractivity (Wildman–Crippen MR) is 72.7 cm³/mol. The van der Waals surface area contributed by atoms with Gasteiger partial charge in [0, 0.05) is 29.5 Å². The molecule has 5 heteroatoms. The molecule has 1 aliphatic rings. The van der Waals surface area contributed by atoms with Gasteiger partial charge < -0.3 is 5.32 Å². The molecule has 0 saturated heterocycles. The van der Waals surface area contributed by atoms with Crippen LogP contribution < -0.4 is 5.32 Å². The minimum Gasteiger partial charge on any atom is -0.316 e. The van der Waals surface area contributed by atoms with Crippen LogP contribution in [0.3, 0.4) is 0 Å². The third kappa shape index (κ3) is 4.73. The Hall–Kier alpha value is -0.680. The van der Waals surface area contributed by atoms with Gasteiger partial charge in [-0.15, -0.1) is 11.8 Å². The zero-order valence-electron chi connectivity index (χ0n) is 10.7. The Morgan fingerprint density at radius 1 is 1.21 bits per heavy atom. The van der Waals surface area contributed by atoms with Gasteiger partial charge in [-0.2, -0.15) is 13.2 Å². The maximum absolute atomic E-state index is 12.0. The van der Waals surface area contributed by atoms with Crippen LogP contribution in [0.2, 0.25) is 0 Å². The summed E-state index contributed by atoms with van der Waals surface area (Å²) >= 11 is 1.86. The van der Waals surface area contributed by atoms with Gasteiger partial charge in [-0.1, -0.05) is 18.2 Å². The Morgan fingerprint density at radius 3 is 2.79 bits per heavy atom. The van der Waals surface area contributed by atoms with E-state index < -0.39 is 12.6 Å². The quantitative estimate of drug-likeness (QED) is 0.788. The Labute approximate surface area is 116 Å². The number of rotatable bonds is 6. The van der Waals surface area contributed by atoms with Crippen LogP contribution in [-0.2, 0) is 0 Å².